The average Bonchev–Trinajstić information content (AvgIpc) is 2.65. The highest BCUT2D eigenvalue weighted by Crippen LogP contribution is 2.28. The van der Waals surface area contributed by atoms with Crippen LogP contribution < -0.4 is 4.74 Å². The average molecular weight is 344 g/mol. The first-order chi connectivity index (χ1) is 11.7. The van der Waals surface area contributed by atoms with Crippen LogP contribution in [0.5, 0.6) is 5.75 Å². The van der Waals surface area contributed by atoms with Crippen molar-refractivity contribution in [2.45, 2.75) is 37.6 Å². The Kier molecular flexibility index (Phi) is 5.61. The Morgan fingerprint density at radius 1 is 1.25 bits per heavy atom. The van der Waals surface area contributed by atoms with E-state index in [2.05, 4.69) is 13.0 Å². The van der Waals surface area contributed by atoms with Crippen molar-refractivity contribution in [2.75, 3.05) is 26.0 Å². The van der Waals surface area contributed by atoms with Gasteiger partial charge in [0.2, 0.25) is 5.91 Å². The number of fused-ring (bicyclic) bond motifs is 1. The third-order valence-corrected chi connectivity index (χ3v) is 5.50. The summed E-state index contributed by atoms with van der Waals surface area (Å²) in [7, 11) is 1.67. The maximum atomic E-state index is 12.4. The van der Waals surface area contributed by atoms with E-state index in [-0.39, 0.29) is 5.91 Å². The number of ether oxygens (including phenoxy) is 1. The van der Waals surface area contributed by atoms with Crippen molar-refractivity contribution < 1.29 is 9.53 Å². The van der Waals surface area contributed by atoms with Crippen LogP contribution in [0.4, 0.5) is 0 Å². The second kappa shape index (κ2) is 7.88. The van der Waals surface area contributed by atoms with Gasteiger partial charge >= 0.3 is 0 Å². The number of thioether (sulfide) groups is 1. The van der Waals surface area contributed by atoms with Crippen molar-refractivity contribution >= 4 is 28.6 Å². The van der Waals surface area contributed by atoms with E-state index in [9.17, 15) is 4.79 Å². The molecule has 0 spiro atoms. The second-order valence-corrected chi connectivity index (χ2v) is 7.06. The molecule has 1 aromatic carbocycles. The minimum atomic E-state index is 0.235. The zero-order valence-corrected chi connectivity index (χ0v) is 15.2. The van der Waals surface area contributed by atoms with Crippen LogP contribution in [0, 0.1) is 0 Å². The highest BCUT2D eigenvalue weighted by Gasteiger charge is 2.17. The number of nitrogens with zero attached hydrogens (tertiary/aromatic N) is 2. The number of methoxy groups -OCH3 is 1. The number of hydrogen-bond acceptors (Lipinski definition) is 4. The maximum Gasteiger partial charge on any atom is 0.232 e. The molecule has 3 rings (SSSR count). The van der Waals surface area contributed by atoms with Gasteiger partial charge in [-0.05, 0) is 55.5 Å². The Morgan fingerprint density at radius 2 is 2.04 bits per heavy atom. The molecular weight excluding hydrogens is 320 g/mol. The van der Waals surface area contributed by atoms with Crippen LogP contribution in [0.15, 0.2) is 29.3 Å². The topological polar surface area (TPSA) is 42.4 Å². The van der Waals surface area contributed by atoms with Crippen molar-refractivity contribution in [1.82, 2.24) is 9.88 Å². The van der Waals surface area contributed by atoms with Gasteiger partial charge in [-0.25, -0.2) is 4.98 Å². The van der Waals surface area contributed by atoms with Gasteiger partial charge in [0, 0.05) is 18.5 Å². The summed E-state index contributed by atoms with van der Waals surface area (Å²) in [6, 6.07) is 8.08. The molecule has 1 aliphatic heterocycles. The van der Waals surface area contributed by atoms with Crippen LogP contribution in [0.3, 0.4) is 0 Å². The Labute approximate surface area is 147 Å². The molecule has 128 valence electrons. The summed E-state index contributed by atoms with van der Waals surface area (Å²) in [5.41, 5.74) is 2.13. The van der Waals surface area contributed by atoms with E-state index in [1.54, 1.807) is 18.9 Å². The van der Waals surface area contributed by atoms with Crippen LogP contribution in [-0.2, 0) is 11.2 Å². The fraction of sp³-hybridized carbons (Fsp3) is 0.474. The number of hydrogen-bond donors (Lipinski definition) is 0. The number of amides is 1. The summed E-state index contributed by atoms with van der Waals surface area (Å²) >= 11 is 1.56. The van der Waals surface area contributed by atoms with Crippen molar-refractivity contribution in [3.8, 4) is 5.75 Å². The Balaban J connectivity index is 1.76. The van der Waals surface area contributed by atoms with E-state index >= 15 is 0 Å². The van der Waals surface area contributed by atoms with E-state index in [1.807, 2.05) is 23.1 Å². The number of carbonyl (C=O) groups is 1. The van der Waals surface area contributed by atoms with E-state index < -0.39 is 0 Å². The predicted octanol–water partition coefficient (Wildman–Crippen LogP) is 3.91. The van der Waals surface area contributed by atoms with Gasteiger partial charge in [0.15, 0.2) is 0 Å². The van der Waals surface area contributed by atoms with Gasteiger partial charge < -0.3 is 9.64 Å². The first-order valence-electron chi connectivity index (χ1n) is 8.59. The fourth-order valence-corrected chi connectivity index (χ4v) is 4.04. The smallest absolute Gasteiger partial charge is 0.232 e. The molecule has 0 unspecified atom stereocenters. The lowest BCUT2D eigenvalue weighted by Crippen LogP contribution is -2.36. The number of pyridine rings is 1. The minimum Gasteiger partial charge on any atom is -0.497 e. The molecule has 1 aromatic heterocycles. The normalized spacial score (nSPS) is 14.8. The van der Waals surface area contributed by atoms with Crippen molar-refractivity contribution in [3.05, 3.63) is 29.8 Å². The van der Waals surface area contributed by atoms with Crippen molar-refractivity contribution in [3.63, 3.8) is 0 Å². The Morgan fingerprint density at radius 3 is 2.75 bits per heavy atom. The molecule has 2 aromatic rings. The monoisotopic (exact) mass is 344 g/mol. The zero-order chi connectivity index (χ0) is 16.9. The number of likely N-dealkylation sites (tertiary alicyclic amines) is 1. The molecule has 0 N–H and O–H groups in total. The van der Waals surface area contributed by atoms with E-state index in [4.69, 9.17) is 9.72 Å². The number of rotatable bonds is 5. The Bertz CT molecular complexity index is 727. The number of piperidine rings is 1. The van der Waals surface area contributed by atoms with E-state index in [0.29, 0.717) is 5.75 Å². The molecule has 4 nitrogen and oxygen atoms in total. The highest BCUT2D eigenvalue weighted by molar-refractivity contribution is 7.99. The first kappa shape index (κ1) is 17.1. The van der Waals surface area contributed by atoms with E-state index in [1.165, 1.54) is 12.0 Å². The molecule has 1 amide bonds. The lowest BCUT2D eigenvalue weighted by atomic mass is 10.1. The number of benzene rings is 1. The summed E-state index contributed by atoms with van der Waals surface area (Å²) in [5.74, 6) is 1.55. The van der Waals surface area contributed by atoms with Gasteiger partial charge in [-0.1, -0.05) is 18.7 Å². The molecule has 1 fully saturated rings. The lowest BCUT2D eigenvalue weighted by molar-refractivity contribution is -0.129. The van der Waals surface area contributed by atoms with Crippen molar-refractivity contribution in [2.24, 2.45) is 0 Å². The minimum absolute atomic E-state index is 0.235. The van der Waals surface area contributed by atoms with Crippen LogP contribution in [-0.4, -0.2) is 41.7 Å². The summed E-state index contributed by atoms with van der Waals surface area (Å²) in [5, 5.41) is 2.05. The van der Waals surface area contributed by atoms with E-state index in [0.717, 1.165) is 54.0 Å². The Hall–Kier alpha value is -1.75. The molecule has 0 atom stereocenters. The molecule has 5 heteroatoms. The molecular formula is C19H24N2O2S. The van der Waals surface area contributed by atoms with Gasteiger partial charge in [0.1, 0.15) is 10.8 Å². The standard InChI is InChI=1S/C19H24N2O2S/c1-3-14-11-15-12-16(23-2)7-8-17(15)20-19(14)24-13-18(22)21-9-5-4-6-10-21/h7-8,11-12H,3-6,9-10,13H2,1-2H3. The van der Waals surface area contributed by atoms with Crippen LogP contribution >= 0.6 is 11.8 Å². The van der Waals surface area contributed by atoms with Crippen LogP contribution in [0.2, 0.25) is 0 Å². The highest BCUT2D eigenvalue weighted by atomic mass is 32.2. The third kappa shape index (κ3) is 3.83. The summed E-state index contributed by atoms with van der Waals surface area (Å²) < 4.78 is 5.29. The molecule has 2 heterocycles. The number of aromatic nitrogens is 1. The van der Waals surface area contributed by atoms with Gasteiger partial charge in [0.05, 0.1) is 18.4 Å². The maximum absolute atomic E-state index is 12.4. The zero-order valence-electron chi connectivity index (χ0n) is 14.4. The predicted molar refractivity (Wildman–Crippen MR) is 98.8 cm³/mol. The first-order valence-corrected chi connectivity index (χ1v) is 9.58. The lowest BCUT2D eigenvalue weighted by Gasteiger charge is -2.26. The summed E-state index contributed by atoms with van der Waals surface area (Å²) in [4.78, 5) is 19.1. The van der Waals surface area contributed by atoms with Gasteiger partial charge in [-0.15, -0.1) is 0 Å². The van der Waals surface area contributed by atoms with Gasteiger partial charge in [-0.3, -0.25) is 4.79 Å². The van der Waals surface area contributed by atoms with Crippen LogP contribution in [0.1, 0.15) is 31.7 Å². The molecule has 1 aliphatic rings. The van der Waals surface area contributed by atoms with Crippen LogP contribution in [0.25, 0.3) is 10.9 Å². The summed E-state index contributed by atoms with van der Waals surface area (Å²) in [6.45, 7) is 3.94. The molecule has 0 radical (unpaired) electrons. The number of aryl methyl sites for hydroxylation is 1. The SMILES string of the molecule is CCc1cc2cc(OC)ccc2nc1SCC(=O)N1CCCCC1. The largest absolute Gasteiger partial charge is 0.497 e. The fourth-order valence-electron chi connectivity index (χ4n) is 3.05. The van der Waals surface area contributed by atoms with Crippen molar-refractivity contribution in [1.29, 1.82) is 0 Å². The summed E-state index contributed by atoms with van der Waals surface area (Å²) in [6.07, 6.45) is 4.41. The molecule has 0 bridgehead atoms. The quantitative estimate of drug-likeness (QED) is 0.771. The van der Waals surface area contributed by atoms with Gasteiger partial charge in [0.25, 0.3) is 0 Å². The molecule has 1 saturated heterocycles. The van der Waals surface area contributed by atoms with Gasteiger partial charge in [-0.2, -0.15) is 0 Å². The number of carbonyl (C=O) groups excluding carboxylic acids is 1. The molecule has 0 aliphatic carbocycles. The molecule has 0 saturated carbocycles. The second-order valence-electron chi connectivity index (χ2n) is 6.09. The third-order valence-electron chi connectivity index (χ3n) is 4.48. The molecule has 24 heavy (non-hydrogen) atoms.